The van der Waals surface area contributed by atoms with Gasteiger partial charge in [-0.15, -0.1) is 0 Å². The Morgan fingerprint density at radius 1 is 1.44 bits per heavy atom. The summed E-state index contributed by atoms with van der Waals surface area (Å²) in [5.74, 6) is -0.543. The van der Waals surface area contributed by atoms with Gasteiger partial charge < -0.3 is 15.3 Å². The predicted molar refractivity (Wildman–Crippen MR) is 69.4 cm³/mol. The normalized spacial score (nSPS) is 21.1. The second kappa shape index (κ2) is 6.61. The monoisotopic (exact) mass is 256 g/mol. The summed E-state index contributed by atoms with van der Waals surface area (Å²) in [7, 11) is 0. The molecule has 1 aliphatic rings. The minimum absolute atomic E-state index is 0.230. The Bertz CT molecular complexity index is 305. The van der Waals surface area contributed by atoms with Crippen molar-refractivity contribution >= 4 is 12.0 Å². The number of carboxylic acids is 1. The van der Waals surface area contributed by atoms with Crippen LogP contribution < -0.4 is 5.32 Å². The molecule has 2 unspecified atom stereocenters. The largest absolute Gasteiger partial charge is 0.480 e. The van der Waals surface area contributed by atoms with E-state index in [1.54, 1.807) is 4.90 Å². The van der Waals surface area contributed by atoms with Crippen molar-refractivity contribution < 1.29 is 14.7 Å². The zero-order valence-corrected chi connectivity index (χ0v) is 11.5. The Balaban J connectivity index is 2.60. The van der Waals surface area contributed by atoms with Crippen LogP contribution in [0.5, 0.6) is 0 Å². The van der Waals surface area contributed by atoms with Crippen LogP contribution in [0.1, 0.15) is 46.5 Å². The molecule has 2 N–H and O–H groups in total. The zero-order valence-electron chi connectivity index (χ0n) is 11.5. The Morgan fingerprint density at radius 2 is 2.11 bits per heavy atom. The summed E-state index contributed by atoms with van der Waals surface area (Å²) in [6.45, 7) is 6.83. The van der Waals surface area contributed by atoms with Gasteiger partial charge in [0.05, 0.1) is 0 Å². The van der Waals surface area contributed by atoms with E-state index in [1.165, 1.54) is 0 Å². The summed E-state index contributed by atoms with van der Waals surface area (Å²) >= 11 is 0. The van der Waals surface area contributed by atoms with E-state index >= 15 is 0 Å². The molecule has 0 aromatic rings. The third-order valence-corrected chi connectivity index (χ3v) is 3.50. The first-order valence-electron chi connectivity index (χ1n) is 6.77. The Kier molecular flexibility index (Phi) is 5.44. The topological polar surface area (TPSA) is 69.6 Å². The molecular formula is C13H24N2O3. The minimum atomic E-state index is -0.953. The first-order valence-corrected chi connectivity index (χ1v) is 6.77. The molecule has 1 fully saturated rings. The van der Waals surface area contributed by atoms with E-state index in [-0.39, 0.29) is 12.1 Å². The molecular weight excluding hydrogens is 232 g/mol. The van der Waals surface area contributed by atoms with E-state index in [4.69, 9.17) is 5.11 Å². The minimum Gasteiger partial charge on any atom is -0.480 e. The van der Waals surface area contributed by atoms with Crippen molar-refractivity contribution in [2.75, 3.05) is 6.54 Å². The van der Waals surface area contributed by atoms with E-state index in [0.29, 0.717) is 12.3 Å². The number of nitrogens with one attached hydrogen (secondary N) is 1. The van der Waals surface area contributed by atoms with Crippen LogP contribution in [0.2, 0.25) is 0 Å². The molecule has 1 saturated heterocycles. The molecule has 5 heteroatoms. The smallest absolute Gasteiger partial charge is 0.326 e. The third kappa shape index (κ3) is 3.62. The lowest BCUT2D eigenvalue weighted by Crippen LogP contribution is -2.50. The van der Waals surface area contributed by atoms with Crippen molar-refractivity contribution in [3.8, 4) is 0 Å². The average molecular weight is 256 g/mol. The number of urea groups is 1. The molecule has 104 valence electrons. The maximum absolute atomic E-state index is 12.1. The van der Waals surface area contributed by atoms with Gasteiger partial charge in [0.15, 0.2) is 0 Å². The van der Waals surface area contributed by atoms with E-state index < -0.39 is 12.0 Å². The molecule has 0 bridgehead atoms. The summed E-state index contributed by atoms with van der Waals surface area (Å²) < 4.78 is 0. The third-order valence-electron chi connectivity index (χ3n) is 3.50. The number of hydrogen-bond acceptors (Lipinski definition) is 2. The highest BCUT2D eigenvalue weighted by molar-refractivity contribution is 5.82. The van der Waals surface area contributed by atoms with Crippen LogP contribution >= 0.6 is 0 Å². The van der Waals surface area contributed by atoms with Gasteiger partial charge in [0, 0.05) is 12.6 Å². The Morgan fingerprint density at radius 3 is 2.61 bits per heavy atom. The highest BCUT2D eigenvalue weighted by atomic mass is 16.4. The maximum Gasteiger partial charge on any atom is 0.326 e. The van der Waals surface area contributed by atoms with Crippen molar-refractivity contribution in [3.05, 3.63) is 0 Å². The lowest BCUT2D eigenvalue weighted by Gasteiger charge is -2.29. The predicted octanol–water partition coefficient (Wildman–Crippen LogP) is 2.07. The molecule has 0 radical (unpaired) electrons. The summed E-state index contributed by atoms with van der Waals surface area (Å²) in [6, 6.07) is -0.760. The van der Waals surface area contributed by atoms with Crippen LogP contribution in [0.3, 0.4) is 0 Å². The van der Waals surface area contributed by atoms with Gasteiger partial charge in [-0.3, -0.25) is 0 Å². The van der Waals surface area contributed by atoms with Crippen LogP contribution in [-0.2, 0) is 4.79 Å². The van der Waals surface area contributed by atoms with Crippen molar-refractivity contribution in [3.63, 3.8) is 0 Å². The first-order chi connectivity index (χ1) is 8.47. The number of likely N-dealkylation sites (tertiary alicyclic amines) is 1. The molecule has 18 heavy (non-hydrogen) atoms. The molecule has 2 amide bonds. The summed E-state index contributed by atoms with van der Waals surface area (Å²) in [4.78, 5) is 24.9. The lowest BCUT2D eigenvalue weighted by atomic mass is 10.0. The second-order valence-electron chi connectivity index (χ2n) is 5.28. The SMILES string of the molecule is CCCC(NC(=O)N1CCCC1C(C)C)C(=O)O. The Labute approximate surface area is 109 Å². The van der Waals surface area contributed by atoms with Crippen LogP contribution in [0.4, 0.5) is 4.79 Å². The van der Waals surface area contributed by atoms with Crippen LogP contribution in [-0.4, -0.2) is 40.6 Å². The van der Waals surface area contributed by atoms with Gasteiger partial charge in [-0.25, -0.2) is 9.59 Å². The van der Waals surface area contributed by atoms with Gasteiger partial charge in [0.1, 0.15) is 6.04 Å². The fourth-order valence-electron chi connectivity index (χ4n) is 2.52. The van der Waals surface area contributed by atoms with Crippen LogP contribution in [0.25, 0.3) is 0 Å². The summed E-state index contributed by atoms with van der Waals surface area (Å²) in [5, 5.41) is 11.7. The van der Waals surface area contributed by atoms with Gasteiger partial charge in [-0.1, -0.05) is 27.2 Å². The Hall–Kier alpha value is -1.26. The molecule has 1 aliphatic heterocycles. The maximum atomic E-state index is 12.1. The average Bonchev–Trinajstić information content (AvgIpc) is 2.77. The van der Waals surface area contributed by atoms with Gasteiger partial charge in [0.25, 0.3) is 0 Å². The lowest BCUT2D eigenvalue weighted by molar-refractivity contribution is -0.139. The molecule has 2 atom stereocenters. The molecule has 5 nitrogen and oxygen atoms in total. The highest BCUT2D eigenvalue weighted by Crippen LogP contribution is 2.23. The van der Waals surface area contributed by atoms with E-state index in [2.05, 4.69) is 19.2 Å². The molecule has 1 heterocycles. The number of hydrogen-bond donors (Lipinski definition) is 2. The fraction of sp³-hybridized carbons (Fsp3) is 0.846. The van der Waals surface area contributed by atoms with E-state index in [1.807, 2.05) is 6.92 Å². The summed E-state index contributed by atoms with van der Waals surface area (Å²) in [6.07, 6.45) is 3.23. The summed E-state index contributed by atoms with van der Waals surface area (Å²) in [5.41, 5.74) is 0. The zero-order chi connectivity index (χ0) is 13.7. The molecule has 0 aliphatic carbocycles. The van der Waals surface area contributed by atoms with Crippen LogP contribution in [0.15, 0.2) is 0 Å². The fourth-order valence-corrected chi connectivity index (χ4v) is 2.52. The number of carboxylic acid groups (broad SMARTS) is 1. The standard InChI is InChI=1S/C13H24N2O3/c1-4-6-10(12(16)17)14-13(18)15-8-5-7-11(15)9(2)3/h9-11H,4-8H2,1-3H3,(H,14,18)(H,16,17). The number of carbonyl (C=O) groups excluding carboxylic acids is 1. The molecule has 0 spiro atoms. The quantitative estimate of drug-likeness (QED) is 0.791. The first kappa shape index (κ1) is 14.8. The molecule has 0 aromatic carbocycles. The van der Waals surface area contributed by atoms with Gasteiger partial charge >= 0.3 is 12.0 Å². The number of nitrogens with zero attached hydrogens (tertiary/aromatic N) is 1. The van der Waals surface area contributed by atoms with Crippen molar-refractivity contribution in [1.82, 2.24) is 10.2 Å². The van der Waals surface area contributed by atoms with Gasteiger partial charge in [-0.2, -0.15) is 0 Å². The number of rotatable bonds is 5. The molecule has 1 rings (SSSR count). The molecule has 0 saturated carbocycles. The number of aliphatic carboxylic acids is 1. The van der Waals surface area contributed by atoms with Crippen molar-refractivity contribution in [1.29, 1.82) is 0 Å². The second-order valence-corrected chi connectivity index (χ2v) is 5.28. The van der Waals surface area contributed by atoms with Gasteiger partial charge in [0.2, 0.25) is 0 Å². The van der Waals surface area contributed by atoms with E-state index in [9.17, 15) is 9.59 Å². The van der Waals surface area contributed by atoms with Gasteiger partial charge in [-0.05, 0) is 25.2 Å². The molecule has 0 aromatic heterocycles. The number of carbonyl (C=O) groups is 2. The highest BCUT2D eigenvalue weighted by Gasteiger charge is 2.32. The van der Waals surface area contributed by atoms with Crippen molar-refractivity contribution in [2.45, 2.75) is 58.5 Å². The van der Waals surface area contributed by atoms with Crippen molar-refractivity contribution in [2.24, 2.45) is 5.92 Å². The van der Waals surface area contributed by atoms with Crippen LogP contribution in [0, 0.1) is 5.92 Å². The number of amides is 2. The van der Waals surface area contributed by atoms with E-state index in [0.717, 1.165) is 25.8 Å².